The molecule has 0 spiro atoms. The summed E-state index contributed by atoms with van der Waals surface area (Å²) >= 11 is 12.7. The molecule has 0 aromatic heterocycles. The summed E-state index contributed by atoms with van der Waals surface area (Å²) in [4.78, 5) is 12.3. The van der Waals surface area contributed by atoms with Gasteiger partial charge in [-0.05, 0) is 47.0 Å². The summed E-state index contributed by atoms with van der Waals surface area (Å²) in [5, 5.41) is 3.44. The van der Waals surface area contributed by atoms with Crippen LogP contribution in [0.2, 0.25) is 5.02 Å². The first-order chi connectivity index (χ1) is 8.04. The fourth-order valence-corrected chi connectivity index (χ4v) is 2.14. The molecule has 0 saturated heterocycles. The largest absolute Gasteiger partial charge is 0.352 e. The number of hydrogen-bond acceptors (Lipinski definition) is 1. The van der Waals surface area contributed by atoms with E-state index in [1.165, 1.54) is 0 Å². The summed E-state index contributed by atoms with van der Waals surface area (Å²) in [7, 11) is 0. The monoisotopic (exact) mass is 381 g/mol. The second kappa shape index (κ2) is 7.39. The zero-order chi connectivity index (χ0) is 12.8. The van der Waals surface area contributed by atoms with Gasteiger partial charge in [-0.25, -0.2) is 0 Å². The average molecular weight is 384 g/mol. The lowest BCUT2D eigenvalue weighted by atomic mass is 10.2. The molecule has 1 atom stereocenters. The van der Waals surface area contributed by atoms with E-state index in [2.05, 4.69) is 44.1 Å². The molecule has 1 N–H and O–H groups in total. The second-order valence-electron chi connectivity index (χ2n) is 3.67. The fourth-order valence-electron chi connectivity index (χ4n) is 1.31. The Labute approximate surface area is 123 Å². The minimum Gasteiger partial charge on any atom is -0.352 e. The molecule has 0 heterocycles. The number of benzene rings is 1. The summed E-state index contributed by atoms with van der Waals surface area (Å²) < 4.78 is 0.755. The quantitative estimate of drug-likeness (QED) is 0.751. The SMILES string of the molecule is CCC(Br)CCNC(=O)c1cc(Cl)ccc1Br. The number of hydrogen-bond donors (Lipinski definition) is 1. The third-order valence-electron chi connectivity index (χ3n) is 2.36. The number of halogens is 3. The molecule has 0 bridgehead atoms. The second-order valence-corrected chi connectivity index (χ2v) is 6.26. The van der Waals surface area contributed by atoms with Crippen molar-refractivity contribution in [2.75, 3.05) is 6.54 Å². The van der Waals surface area contributed by atoms with Crippen LogP contribution in [0, 0.1) is 0 Å². The van der Waals surface area contributed by atoms with Crippen molar-refractivity contribution in [2.24, 2.45) is 0 Å². The van der Waals surface area contributed by atoms with Crippen molar-refractivity contribution in [1.29, 1.82) is 0 Å². The van der Waals surface area contributed by atoms with Crippen LogP contribution in [0.5, 0.6) is 0 Å². The first kappa shape index (κ1) is 15.0. The molecular formula is C12H14Br2ClNO. The summed E-state index contributed by atoms with van der Waals surface area (Å²) in [5.74, 6) is -0.102. The Morgan fingerprint density at radius 1 is 1.53 bits per heavy atom. The van der Waals surface area contributed by atoms with Crippen molar-refractivity contribution in [1.82, 2.24) is 5.32 Å². The molecule has 1 aromatic carbocycles. The van der Waals surface area contributed by atoms with Gasteiger partial charge < -0.3 is 5.32 Å². The van der Waals surface area contributed by atoms with Gasteiger partial charge >= 0.3 is 0 Å². The molecule has 0 fully saturated rings. The zero-order valence-electron chi connectivity index (χ0n) is 9.47. The van der Waals surface area contributed by atoms with Crippen LogP contribution in [-0.2, 0) is 0 Å². The lowest BCUT2D eigenvalue weighted by molar-refractivity contribution is 0.0952. The van der Waals surface area contributed by atoms with Crippen LogP contribution >= 0.6 is 43.5 Å². The van der Waals surface area contributed by atoms with Gasteiger partial charge in [0, 0.05) is 20.9 Å². The third-order valence-corrected chi connectivity index (χ3v) is 4.39. The normalized spacial score (nSPS) is 12.2. The molecule has 0 aliphatic carbocycles. The van der Waals surface area contributed by atoms with E-state index in [9.17, 15) is 4.79 Å². The van der Waals surface area contributed by atoms with E-state index >= 15 is 0 Å². The van der Waals surface area contributed by atoms with E-state index in [4.69, 9.17) is 11.6 Å². The average Bonchev–Trinajstić information content (AvgIpc) is 2.31. The number of rotatable bonds is 5. The highest BCUT2D eigenvalue weighted by molar-refractivity contribution is 9.10. The van der Waals surface area contributed by atoms with Gasteiger partial charge in [0.15, 0.2) is 0 Å². The fraction of sp³-hybridized carbons (Fsp3) is 0.417. The maximum absolute atomic E-state index is 11.9. The first-order valence-corrected chi connectivity index (χ1v) is 7.50. The van der Waals surface area contributed by atoms with Gasteiger partial charge in [-0.15, -0.1) is 0 Å². The maximum atomic E-state index is 11.9. The van der Waals surface area contributed by atoms with Gasteiger partial charge in [-0.2, -0.15) is 0 Å². The number of carbonyl (C=O) groups is 1. The van der Waals surface area contributed by atoms with Crippen LogP contribution < -0.4 is 5.32 Å². The van der Waals surface area contributed by atoms with Gasteiger partial charge in [0.2, 0.25) is 0 Å². The van der Waals surface area contributed by atoms with E-state index in [0.717, 1.165) is 17.3 Å². The summed E-state index contributed by atoms with van der Waals surface area (Å²) in [6, 6.07) is 5.18. The van der Waals surface area contributed by atoms with E-state index in [-0.39, 0.29) is 5.91 Å². The van der Waals surface area contributed by atoms with Gasteiger partial charge in [0.05, 0.1) is 5.56 Å². The zero-order valence-corrected chi connectivity index (χ0v) is 13.4. The number of alkyl halides is 1. The lowest BCUT2D eigenvalue weighted by Crippen LogP contribution is -2.26. The van der Waals surface area contributed by atoms with Crippen LogP contribution in [0.25, 0.3) is 0 Å². The molecular weight excluding hydrogens is 369 g/mol. The molecule has 94 valence electrons. The Balaban J connectivity index is 2.55. The molecule has 1 rings (SSSR count). The predicted octanol–water partition coefficient (Wildman–Crippen LogP) is 4.40. The topological polar surface area (TPSA) is 29.1 Å². The van der Waals surface area contributed by atoms with Crippen LogP contribution in [-0.4, -0.2) is 17.3 Å². The maximum Gasteiger partial charge on any atom is 0.252 e. The lowest BCUT2D eigenvalue weighted by Gasteiger charge is -2.09. The van der Waals surface area contributed by atoms with Crippen molar-refractivity contribution in [3.63, 3.8) is 0 Å². The third kappa shape index (κ3) is 4.98. The molecule has 1 unspecified atom stereocenters. The van der Waals surface area contributed by atoms with Crippen LogP contribution in [0.15, 0.2) is 22.7 Å². The highest BCUT2D eigenvalue weighted by Crippen LogP contribution is 2.21. The predicted molar refractivity (Wildman–Crippen MR) is 79.1 cm³/mol. The molecule has 0 aliphatic heterocycles. The van der Waals surface area contributed by atoms with Crippen molar-refractivity contribution in [3.8, 4) is 0 Å². The van der Waals surface area contributed by atoms with E-state index in [0.29, 0.717) is 22.0 Å². The Morgan fingerprint density at radius 3 is 2.88 bits per heavy atom. The Hall–Kier alpha value is -0.0600. The molecule has 17 heavy (non-hydrogen) atoms. The van der Waals surface area contributed by atoms with Gasteiger partial charge in [0.1, 0.15) is 0 Å². The number of amides is 1. The molecule has 5 heteroatoms. The standard InChI is InChI=1S/C12H14Br2ClNO/c1-2-8(13)5-6-16-12(17)10-7-9(15)3-4-11(10)14/h3-4,7-8H,2,5-6H2,1H3,(H,16,17). The smallest absolute Gasteiger partial charge is 0.252 e. The molecule has 0 saturated carbocycles. The number of carbonyl (C=O) groups excluding carboxylic acids is 1. The van der Waals surface area contributed by atoms with Crippen molar-refractivity contribution in [3.05, 3.63) is 33.3 Å². The minimum absolute atomic E-state index is 0.102. The van der Waals surface area contributed by atoms with Gasteiger partial charge in [0.25, 0.3) is 5.91 Å². The van der Waals surface area contributed by atoms with E-state index in [1.54, 1.807) is 18.2 Å². The summed E-state index contributed by atoms with van der Waals surface area (Å²) in [6.07, 6.45) is 1.97. The van der Waals surface area contributed by atoms with Crippen molar-refractivity contribution < 1.29 is 4.79 Å². The van der Waals surface area contributed by atoms with Gasteiger partial charge in [-0.1, -0.05) is 34.5 Å². The first-order valence-electron chi connectivity index (χ1n) is 5.42. The molecule has 1 aromatic rings. The Morgan fingerprint density at radius 2 is 2.24 bits per heavy atom. The van der Waals surface area contributed by atoms with Crippen LogP contribution in [0.4, 0.5) is 0 Å². The van der Waals surface area contributed by atoms with Crippen molar-refractivity contribution >= 4 is 49.4 Å². The molecule has 1 amide bonds. The van der Waals surface area contributed by atoms with Crippen LogP contribution in [0.1, 0.15) is 30.1 Å². The molecule has 0 radical (unpaired) electrons. The highest BCUT2D eigenvalue weighted by Gasteiger charge is 2.10. The minimum atomic E-state index is -0.102. The van der Waals surface area contributed by atoms with Crippen LogP contribution in [0.3, 0.4) is 0 Å². The highest BCUT2D eigenvalue weighted by atomic mass is 79.9. The van der Waals surface area contributed by atoms with Gasteiger partial charge in [-0.3, -0.25) is 4.79 Å². The Kier molecular flexibility index (Phi) is 6.52. The van der Waals surface area contributed by atoms with E-state index in [1.807, 2.05) is 0 Å². The van der Waals surface area contributed by atoms with Crippen molar-refractivity contribution in [2.45, 2.75) is 24.6 Å². The summed E-state index contributed by atoms with van der Waals surface area (Å²) in [6.45, 7) is 2.76. The summed E-state index contributed by atoms with van der Waals surface area (Å²) in [5.41, 5.74) is 0.570. The van der Waals surface area contributed by atoms with E-state index < -0.39 is 0 Å². The Bertz CT molecular complexity index is 398. The molecule has 0 aliphatic rings. The number of nitrogens with one attached hydrogen (secondary N) is 1. The molecule has 2 nitrogen and oxygen atoms in total.